The third-order valence-corrected chi connectivity index (χ3v) is 3.34. The predicted octanol–water partition coefficient (Wildman–Crippen LogP) is 3.23. The zero-order valence-electron chi connectivity index (χ0n) is 12.5. The van der Waals surface area contributed by atoms with Crippen molar-refractivity contribution < 1.29 is 14.4 Å². The molecule has 3 aromatic rings. The summed E-state index contributed by atoms with van der Waals surface area (Å²) in [4.78, 5) is 18.0. The molecule has 8 nitrogen and oxygen atoms in total. The molecule has 0 aliphatic heterocycles. The van der Waals surface area contributed by atoms with Gasteiger partial charge in [0, 0.05) is 18.2 Å². The first-order chi connectivity index (χ1) is 11.1. The van der Waals surface area contributed by atoms with E-state index in [2.05, 4.69) is 15.3 Å². The maximum absolute atomic E-state index is 11.1. The van der Waals surface area contributed by atoms with E-state index in [0.29, 0.717) is 28.7 Å². The van der Waals surface area contributed by atoms with Gasteiger partial charge in [-0.25, -0.2) is 4.98 Å². The van der Waals surface area contributed by atoms with Crippen LogP contribution in [-0.4, -0.2) is 29.1 Å². The molecular weight excluding hydrogens is 300 g/mol. The minimum atomic E-state index is -0.447. The fourth-order valence-corrected chi connectivity index (χ4v) is 2.26. The Morgan fingerprint density at radius 3 is 2.57 bits per heavy atom. The topological polar surface area (TPSA) is 102 Å². The van der Waals surface area contributed by atoms with Crippen molar-refractivity contribution in [3.63, 3.8) is 0 Å². The van der Waals surface area contributed by atoms with Crippen LogP contribution in [0.15, 0.2) is 36.4 Å². The van der Waals surface area contributed by atoms with Crippen LogP contribution >= 0.6 is 0 Å². The van der Waals surface area contributed by atoms with E-state index in [1.807, 2.05) is 0 Å². The molecule has 0 fully saturated rings. The lowest BCUT2D eigenvalue weighted by Crippen LogP contribution is -1.97. The van der Waals surface area contributed by atoms with Gasteiger partial charge >= 0.3 is 0 Å². The number of hydrogen-bond acceptors (Lipinski definition) is 6. The molecule has 0 aliphatic rings. The number of benzene rings is 2. The Hall–Kier alpha value is -3.29. The number of aromatic nitrogens is 2. The lowest BCUT2D eigenvalue weighted by Gasteiger charge is -2.06. The second kappa shape index (κ2) is 5.84. The molecule has 8 heteroatoms. The first kappa shape index (κ1) is 14.6. The van der Waals surface area contributed by atoms with Gasteiger partial charge < -0.3 is 19.8 Å². The van der Waals surface area contributed by atoms with Gasteiger partial charge in [0.25, 0.3) is 5.69 Å². The number of aromatic amines is 1. The Balaban J connectivity index is 2.00. The average molecular weight is 314 g/mol. The van der Waals surface area contributed by atoms with E-state index in [4.69, 9.17) is 9.47 Å². The van der Waals surface area contributed by atoms with Gasteiger partial charge in [0.15, 0.2) is 11.5 Å². The smallest absolute Gasteiger partial charge is 0.292 e. The summed E-state index contributed by atoms with van der Waals surface area (Å²) in [6.45, 7) is 0. The van der Waals surface area contributed by atoms with Gasteiger partial charge in [-0.15, -0.1) is 0 Å². The second-order valence-corrected chi connectivity index (χ2v) is 4.71. The molecule has 0 saturated carbocycles. The summed E-state index contributed by atoms with van der Waals surface area (Å²) in [5, 5.41) is 14.0. The Bertz CT molecular complexity index is 834. The summed E-state index contributed by atoms with van der Waals surface area (Å²) in [5.41, 5.74) is 1.71. The molecule has 0 atom stereocenters. The van der Waals surface area contributed by atoms with Gasteiger partial charge in [-0.3, -0.25) is 10.1 Å². The van der Waals surface area contributed by atoms with Crippen LogP contribution in [0.3, 0.4) is 0 Å². The molecule has 1 aromatic heterocycles. The normalized spacial score (nSPS) is 10.5. The molecule has 0 saturated heterocycles. The van der Waals surface area contributed by atoms with E-state index in [0.717, 1.165) is 5.52 Å². The Morgan fingerprint density at radius 2 is 1.87 bits per heavy atom. The minimum absolute atomic E-state index is 0.0249. The van der Waals surface area contributed by atoms with Crippen LogP contribution in [0.5, 0.6) is 11.5 Å². The highest BCUT2D eigenvalue weighted by atomic mass is 16.6. The van der Waals surface area contributed by atoms with Crippen molar-refractivity contribution in [3.8, 4) is 11.5 Å². The van der Waals surface area contributed by atoms with Gasteiger partial charge in [0.05, 0.1) is 30.2 Å². The Kier molecular flexibility index (Phi) is 3.71. The number of ether oxygens (including phenoxy) is 2. The number of para-hydroxylation sites is 2. The summed E-state index contributed by atoms with van der Waals surface area (Å²) >= 11 is 0. The van der Waals surface area contributed by atoms with Crippen molar-refractivity contribution >= 4 is 28.4 Å². The van der Waals surface area contributed by atoms with E-state index < -0.39 is 4.92 Å². The monoisotopic (exact) mass is 314 g/mol. The summed E-state index contributed by atoms with van der Waals surface area (Å²) in [7, 11) is 3.09. The number of nitro benzene ring substituents is 1. The first-order valence-corrected chi connectivity index (χ1v) is 6.74. The van der Waals surface area contributed by atoms with E-state index in [9.17, 15) is 10.1 Å². The first-order valence-electron chi connectivity index (χ1n) is 6.74. The summed E-state index contributed by atoms with van der Waals surface area (Å²) < 4.78 is 10.5. The van der Waals surface area contributed by atoms with Crippen molar-refractivity contribution in [2.45, 2.75) is 0 Å². The third-order valence-electron chi connectivity index (χ3n) is 3.34. The van der Waals surface area contributed by atoms with Gasteiger partial charge in [-0.2, -0.15) is 0 Å². The molecule has 0 radical (unpaired) electrons. The summed E-state index contributed by atoms with van der Waals surface area (Å²) in [5.74, 6) is 1.52. The van der Waals surface area contributed by atoms with Crippen molar-refractivity contribution in [1.29, 1.82) is 0 Å². The molecule has 2 N–H and O–H groups in total. The summed E-state index contributed by atoms with van der Waals surface area (Å²) in [6.07, 6.45) is 0. The highest BCUT2D eigenvalue weighted by Gasteiger charge is 2.15. The molecular formula is C15H14N4O4. The Morgan fingerprint density at radius 1 is 1.17 bits per heavy atom. The SMILES string of the molecule is COc1cc2nc(Nc3ccccc3[N+](=O)[O-])[nH]c2cc1OC. The highest BCUT2D eigenvalue weighted by Crippen LogP contribution is 2.33. The molecule has 2 aromatic carbocycles. The third kappa shape index (κ3) is 2.73. The van der Waals surface area contributed by atoms with Crippen LogP contribution in [0, 0.1) is 10.1 Å². The largest absolute Gasteiger partial charge is 0.493 e. The standard InChI is InChI=1S/C15H14N4O4/c1-22-13-7-10-11(8-14(13)23-2)18-15(17-10)16-9-5-3-4-6-12(9)19(20)21/h3-8H,1-2H3,(H2,16,17,18). The lowest BCUT2D eigenvalue weighted by atomic mass is 10.3. The number of nitro groups is 1. The number of anilines is 2. The molecule has 3 rings (SSSR count). The Labute approximate surface area is 131 Å². The van der Waals surface area contributed by atoms with Crippen LogP contribution in [-0.2, 0) is 0 Å². The van der Waals surface area contributed by atoms with Crippen molar-refractivity contribution in [3.05, 3.63) is 46.5 Å². The molecule has 118 valence electrons. The van der Waals surface area contributed by atoms with Crippen molar-refractivity contribution in [2.75, 3.05) is 19.5 Å². The number of fused-ring (bicyclic) bond motifs is 1. The van der Waals surface area contributed by atoms with E-state index in [1.165, 1.54) is 6.07 Å². The quantitative estimate of drug-likeness (QED) is 0.553. The molecule has 23 heavy (non-hydrogen) atoms. The fraction of sp³-hybridized carbons (Fsp3) is 0.133. The molecule has 1 heterocycles. The van der Waals surface area contributed by atoms with Crippen LogP contribution in [0.2, 0.25) is 0 Å². The maximum atomic E-state index is 11.1. The lowest BCUT2D eigenvalue weighted by molar-refractivity contribution is -0.383. The number of nitrogens with one attached hydrogen (secondary N) is 2. The number of nitrogens with zero attached hydrogens (tertiary/aromatic N) is 2. The molecule has 0 amide bonds. The van der Waals surface area contributed by atoms with Crippen LogP contribution in [0.4, 0.5) is 17.3 Å². The molecule has 0 spiro atoms. The highest BCUT2D eigenvalue weighted by molar-refractivity contribution is 5.83. The molecule has 0 unspecified atom stereocenters. The second-order valence-electron chi connectivity index (χ2n) is 4.71. The number of methoxy groups -OCH3 is 2. The van der Waals surface area contributed by atoms with Crippen LogP contribution in [0.1, 0.15) is 0 Å². The zero-order valence-corrected chi connectivity index (χ0v) is 12.5. The summed E-state index contributed by atoms with van der Waals surface area (Å²) in [6, 6.07) is 9.85. The van der Waals surface area contributed by atoms with Crippen LogP contribution < -0.4 is 14.8 Å². The van der Waals surface area contributed by atoms with Crippen molar-refractivity contribution in [1.82, 2.24) is 9.97 Å². The van der Waals surface area contributed by atoms with E-state index in [-0.39, 0.29) is 5.69 Å². The fourth-order valence-electron chi connectivity index (χ4n) is 2.26. The van der Waals surface area contributed by atoms with Gasteiger partial charge in [0.1, 0.15) is 5.69 Å². The van der Waals surface area contributed by atoms with Gasteiger partial charge in [0.2, 0.25) is 5.95 Å². The van der Waals surface area contributed by atoms with Crippen molar-refractivity contribution in [2.24, 2.45) is 0 Å². The predicted molar refractivity (Wildman–Crippen MR) is 85.6 cm³/mol. The van der Waals surface area contributed by atoms with E-state index >= 15 is 0 Å². The minimum Gasteiger partial charge on any atom is -0.493 e. The molecule has 0 aliphatic carbocycles. The van der Waals surface area contributed by atoms with E-state index in [1.54, 1.807) is 44.6 Å². The number of imidazole rings is 1. The number of hydrogen-bond donors (Lipinski definition) is 2. The average Bonchev–Trinajstić information content (AvgIpc) is 2.94. The number of H-pyrrole nitrogens is 1. The maximum Gasteiger partial charge on any atom is 0.292 e. The van der Waals surface area contributed by atoms with Gasteiger partial charge in [-0.05, 0) is 6.07 Å². The number of rotatable bonds is 5. The van der Waals surface area contributed by atoms with Gasteiger partial charge in [-0.1, -0.05) is 12.1 Å². The zero-order chi connectivity index (χ0) is 16.4. The molecule has 0 bridgehead atoms. The van der Waals surface area contributed by atoms with Crippen LogP contribution in [0.25, 0.3) is 11.0 Å².